The second-order valence-electron chi connectivity index (χ2n) is 5.15. The van der Waals surface area contributed by atoms with E-state index in [-0.39, 0.29) is 0 Å². The van der Waals surface area contributed by atoms with E-state index in [1.165, 1.54) is 36.9 Å². The molecule has 2 nitrogen and oxygen atoms in total. The normalized spacial score (nSPS) is 18.9. The molecule has 0 bridgehead atoms. The van der Waals surface area contributed by atoms with Gasteiger partial charge in [-0.1, -0.05) is 18.2 Å². The summed E-state index contributed by atoms with van der Waals surface area (Å²) >= 11 is 0. The molecule has 2 aromatic rings. The van der Waals surface area contributed by atoms with E-state index in [1.807, 2.05) is 6.07 Å². The molecule has 1 aliphatic rings. The fraction of sp³-hybridized carbons (Fsp3) is 0.467. The van der Waals surface area contributed by atoms with Crippen molar-refractivity contribution in [3.8, 4) is 0 Å². The van der Waals surface area contributed by atoms with Gasteiger partial charge in [0.05, 0.1) is 0 Å². The van der Waals surface area contributed by atoms with Crippen molar-refractivity contribution in [3.63, 3.8) is 0 Å². The summed E-state index contributed by atoms with van der Waals surface area (Å²) in [6.07, 6.45) is 2.50. The number of piperidine rings is 1. The Hall–Kier alpha value is -1.28. The molecule has 1 fully saturated rings. The highest BCUT2D eigenvalue weighted by molar-refractivity contribution is 5.82. The lowest BCUT2D eigenvalue weighted by Crippen LogP contribution is -2.29. The minimum Gasteiger partial charge on any atom is -0.461 e. The van der Waals surface area contributed by atoms with E-state index >= 15 is 0 Å². The van der Waals surface area contributed by atoms with Crippen LogP contribution < -0.4 is 0 Å². The average molecular weight is 229 g/mol. The maximum atomic E-state index is 5.87. The van der Waals surface area contributed by atoms with E-state index in [0.29, 0.717) is 5.92 Å². The molecular weight excluding hydrogens is 210 g/mol. The quantitative estimate of drug-likeness (QED) is 0.743. The lowest BCUT2D eigenvalue weighted by molar-refractivity contribution is 0.255. The molecule has 1 aliphatic heterocycles. The Kier molecular flexibility index (Phi) is 2.67. The van der Waals surface area contributed by atoms with Gasteiger partial charge in [0.2, 0.25) is 0 Å². The van der Waals surface area contributed by atoms with Gasteiger partial charge in [-0.25, -0.2) is 0 Å². The number of nitrogens with zero attached hydrogens (tertiary/aromatic N) is 1. The maximum Gasteiger partial charge on any atom is 0.134 e. The summed E-state index contributed by atoms with van der Waals surface area (Å²) in [5.41, 5.74) is 2.49. The van der Waals surface area contributed by atoms with Gasteiger partial charge in [0.25, 0.3) is 0 Å². The summed E-state index contributed by atoms with van der Waals surface area (Å²) < 4.78 is 5.87. The molecule has 0 spiro atoms. The van der Waals surface area contributed by atoms with Crippen LogP contribution in [0.2, 0.25) is 0 Å². The Morgan fingerprint density at radius 1 is 1.18 bits per heavy atom. The van der Waals surface area contributed by atoms with Crippen molar-refractivity contribution >= 4 is 11.0 Å². The topological polar surface area (TPSA) is 16.4 Å². The molecule has 0 atom stereocenters. The van der Waals surface area contributed by atoms with Gasteiger partial charge in [0.1, 0.15) is 11.3 Å². The fourth-order valence-corrected chi connectivity index (χ4v) is 2.99. The van der Waals surface area contributed by atoms with E-state index in [9.17, 15) is 0 Å². The van der Waals surface area contributed by atoms with Crippen molar-refractivity contribution in [2.45, 2.75) is 25.7 Å². The third-order valence-corrected chi connectivity index (χ3v) is 3.95. The number of fused-ring (bicyclic) bond motifs is 1. The first-order valence-corrected chi connectivity index (χ1v) is 6.42. The summed E-state index contributed by atoms with van der Waals surface area (Å²) in [6.45, 7) is 4.50. The van der Waals surface area contributed by atoms with Crippen LogP contribution in [0.4, 0.5) is 0 Å². The maximum absolute atomic E-state index is 5.87. The van der Waals surface area contributed by atoms with Crippen LogP contribution in [0.3, 0.4) is 0 Å². The number of benzene rings is 1. The third kappa shape index (κ3) is 1.87. The summed E-state index contributed by atoms with van der Waals surface area (Å²) in [5.74, 6) is 1.79. The second kappa shape index (κ2) is 4.19. The Labute approximate surface area is 102 Å². The van der Waals surface area contributed by atoms with E-state index in [0.717, 1.165) is 11.3 Å². The smallest absolute Gasteiger partial charge is 0.134 e. The number of likely N-dealkylation sites (tertiary alicyclic amines) is 1. The highest BCUT2D eigenvalue weighted by Crippen LogP contribution is 2.36. The molecule has 0 saturated carbocycles. The van der Waals surface area contributed by atoms with Crippen molar-refractivity contribution in [1.82, 2.24) is 4.90 Å². The molecule has 17 heavy (non-hydrogen) atoms. The molecule has 90 valence electrons. The van der Waals surface area contributed by atoms with Gasteiger partial charge >= 0.3 is 0 Å². The van der Waals surface area contributed by atoms with E-state index < -0.39 is 0 Å². The Morgan fingerprint density at radius 2 is 1.88 bits per heavy atom. The molecule has 2 heterocycles. The molecule has 0 radical (unpaired) electrons. The van der Waals surface area contributed by atoms with Gasteiger partial charge in [-0.2, -0.15) is 0 Å². The van der Waals surface area contributed by atoms with Crippen LogP contribution in [-0.2, 0) is 0 Å². The number of hydrogen-bond donors (Lipinski definition) is 0. The van der Waals surface area contributed by atoms with Crippen LogP contribution in [0.1, 0.15) is 30.1 Å². The lowest BCUT2D eigenvalue weighted by atomic mass is 9.88. The molecule has 1 aromatic carbocycles. The number of hydrogen-bond acceptors (Lipinski definition) is 2. The predicted molar refractivity (Wildman–Crippen MR) is 70.4 cm³/mol. The van der Waals surface area contributed by atoms with E-state index in [4.69, 9.17) is 4.42 Å². The van der Waals surface area contributed by atoms with Crippen LogP contribution >= 0.6 is 0 Å². The Balaban J connectivity index is 2.02. The first-order valence-electron chi connectivity index (χ1n) is 6.42. The van der Waals surface area contributed by atoms with E-state index in [1.54, 1.807) is 0 Å². The first kappa shape index (κ1) is 10.8. The summed E-state index contributed by atoms with van der Waals surface area (Å²) in [4.78, 5) is 2.41. The zero-order chi connectivity index (χ0) is 11.8. The number of aryl methyl sites for hydroxylation is 1. The van der Waals surface area contributed by atoms with Crippen LogP contribution in [0.15, 0.2) is 28.7 Å². The molecular formula is C15H19NO. The van der Waals surface area contributed by atoms with Crippen molar-refractivity contribution in [1.29, 1.82) is 0 Å². The zero-order valence-electron chi connectivity index (χ0n) is 10.6. The molecule has 0 amide bonds. The number of para-hydroxylation sites is 1. The minimum absolute atomic E-state index is 0.676. The highest BCUT2D eigenvalue weighted by atomic mass is 16.3. The van der Waals surface area contributed by atoms with Gasteiger partial charge in [-0.15, -0.1) is 0 Å². The first-order chi connectivity index (χ1) is 8.25. The van der Waals surface area contributed by atoms with Gasteiger partial charge in [-0.05, 0) is 51.9 Å². The molecule has 0 N–H and O–H groups in total. The van der Waals surface area contributed by atoms with E-state index in [2.05, 4.69) is 37.1 Å². The number of rotatable bonds is 1. The van der Waals surface area contributed by atoms with Crippen LogP contribution in [0, 0.1) is 6.92 Å². The molecule has 0 unspecified atom stereocenters. The molecule has 0 aliphatic carbocycles. The standard InChI is InChI=1S/C15H19NO/c1-11-15(12-7-9-16(2)10-8-12)13-5-3-4-6-14(13)17-11/h3-6,12H,7-10H2,1-2H3. The summed E-state index contributed by atoms with van der Waals surface area (Å²) in [6, 6.07) is 8.42. The zero-order valence-corrected chi connectivity index (χ0v) is 10.6. The third-order valence-electron chi connectivity index (χ3n) is 3.95. The van der Waals surface area contributed by atoms with Crippen molar-refractivity contribution in [2.24, 2.45) is 0 Å². The van der Waals surface area contributed by atoms with Crippen LogP contribution in [0.25, 0.3) is 11.0 Å². The fourth-order valence-electron chi connectivity index (χ4n) is 2.99. The average Bonchev–Trinajstić information content (AvgIpc) is 2.66. The van der Waals surface area contributed by atoms with Gasteiger partial charge < -0.3 is 9.32 Å². The Morgan fingerprint density at radius 3 is 2.65 bits per heavy atom. The minimum atomic E-state index is 0.676. The van der Waals surface area contributed by atoms with Crippen LogP contribution in [-0.4, -0.2) is 25.0 Å². The Bertz CT molecular complexity index is 521. The van der Waals surface area contributed by atoms with Crippen molar-refractivity contribution in [2.75, 3.05) is 20.1 Å². The molecule has 3 rings (SSSR count). The van der Waals surface area contributed by atoms with Gasteiger partial charge in [0, 0.05) is 10.9 Å². The van der Waals surface area contributed by atoms with Gasteiger partial charge in [0.15, 0.2) is 0 Å². The summed E-state index contributed by atoms with van der Waals surface area (Å²) in [7, 11) is 2.20. The molecule has 1 aromatic heterocycles. The van der Waals surface area contributed by atoms with Gasteiger partial charge in [-0.3, -0.25) is 0 Å². The van der Waals surface area contributed by atoms with Crippen molar-refractivity contribution in [3.05, 3.63) is 35.6 Å². The largest absolute Gasteiger partial charge is 0.461 e. The molecule has 1 saturated heterocycles. The monoisotopic (exact) mass is 229 g/mol. The SMILES string of the molecule is Cc1oc2ccccc2c1C1CCN(C)CC1. The number of furan rings is 1. The summed E-state index contributed by atoms with van der Waals surface area (Å²) in [5, 5.41) is 1.32. The lowest BCUT2D eigenvalue weighted by Gasteiger charge is -2.29. The van der Waals surface area contributed by atoms with Crippen molar-refractivity contribution < 1.29 is 4.42 Å². The molecule has 2 heteroatoms. The highest BCUT2D eigenvalue weighted by Gasteiger charge is 2.23. The second-order valence-corrected chi connectivity index (χ2v) is 5.15. The van der Waals surface area contributed by atoms with Crippen LogP contribution in [0.5, 0.6) is 0 Å². The predicted octanol–water partition coefficient (Wildman–Crippen LogP) is 3.55.